The molecule has 234 valence electrons. The van der Waals surface area contributed by atoms with E-state index >= 15 is 0 Å². The minimum Gasteiger partial charge on any atom is -0.494 e. The summed E-state index contributed by atoms with van der Waals surface area (Å²) in [5.41, 5.74) is 4.38. The molecule has 2 bridgehead atoms. The molecule has 0 unspecified atom stereocenters. The van der Waals surface area contributed by atoms with E-state index in [1.165, 1.54) is 0 Å². The molecule has 3 aromatic rings. The van der Waals surface area contributed by atoms with Crippen molar-refractivity contribution < 1.29 is 24.2 Å². The van der Waals surface area contributed by atoms with E-state index in [1.807, 2.05) is 75.4 Å². The topological polar surface area (TPSA) is 91.3 Å². The lowest BCUT2D eigenvalue weighted by Crippen LogP contribution is -2.59. The van der Waals surface area contributed by atoms with Crippen LogP contribution < -0.4 is 15.0 Å². The third-order valence-electron chi connectivity index (χ3n) is 8.42. The van der Waals surface area contributed by atoms with Gasteiger partial charge in [0.1, 0.15) is 11.4 Å². The number of fused-ring (bicyclic) bond motifs is 3. The van der Waals surface area contributed by atoms with Crippen molar-refractivity contribution in [2.24, 2.45) is 5.92 Å². The van der Waals surface area contributed by atoms with Crippen LogP contribution >= 0.6 is 0 Å². The van der Waals surface area contributed by atoms with E-state index < -0.39 is 17.8 Å². The normalized spacial score (nSPS) is 19.3. The molecule has 0 aliphatic carbocycles. The quantitative estimate of drug-likeness (QED) is 0.231. The number of nitrogens with one attached hydrogen (secondary N) is 1. The molecule has 2 amide bonds. The molecule has 3 heterocycles. The summed E-state index contributed by atoms with van der Waals surface area (Å²) in [5, 5.41) is 13.3. The number of benzene rings is 3. The molecule has 1 atom stereocenters. The number of hydrogen-bond acceptors (Lipinski definition) is 5. The molecule has 44 heavy (non-hydrogen) atoms. The van der Waals surface area contributed by atoms with Crippen molar-refractivity contribution >= 4 is 17.9 Å². The first kappa shape index (κ1) is 31.4. The Kier molecular flexibility index (Phi) is 10.1. The number of anilines is 1. The summed E-state index contributed by atoms with van der Waals surface area (Å²) in [4.78, 5) is 28.8. The van der Waals surface area contributed by atoms with Crippen LogP contribution in [0, 0.1) is 5.92 Å². The van der Waals surface area contributed by atoms with Crippen molar-refractivity contribution in [3.05, 3.63) is 83.9 Å². The van der Waals surface area contributed by atoms with Crippen molar-refractivity contribution in [3.63, 3.8) is 0 Å². The molecular weight excluding hydrogens is 554 g/mol. The molecular formula is C36H45N3O5. The molecule has 0 aromatic heterocycles. The summed E-state index contributed by atoms with van der Waals surface area (Å²) in [7, 11) is 0. The van der Waals surface area contributed by atoms with Crippen LogP contribution in [0.2, 0.25) is 0 Å². The SMILES string of the molecule is CC(C)(C)OC(=O)NCCc1cccc(OCCCc2ccc(-c3ccccc3)c(N(C(=O)O)[C@H]3CN4CCC3CC4)c2)c1. The lowest BCUT2D eigenvalue weighted by molar-refractivity contribution is 0.0528. The molecule has 2 N–H and O–H groups in total. The largest absolute Gasteiger partial charge is 0.494 e. The van der Waals surface area contributed by atoms with Crippen molar-refractivity contribution in [2.75, 3.05) is 37.7 Å². The fourth-order valence-corrected chi connectivity index (χ4v) is 6.32. The van der Waals surface area contributed by atoms with Crippen LogP contribution in [0.25, 0.3) is 11.1 Å². The lowest BCUT2D eigenvalue weighted by atomic mass is 9.82. The van der Waals surface area contributed by atoms with E-state index in [1.54, 1.807) is 4.90 Å². The van der Waals surface area contributed by atoms with E-state index in [2.05, 4.69) is 28.4 Å². The average Bonchev–Trinajstić information content (AvgIpc) is 3.00. The number of alkyl carbamates (subject to hydrolysis) is 1. The number of nitrogens with zero attached hydrogens (tertiary/aromatic N) is 2. The first-order valence-electron chi connectivity index (χ1n) is 15.8. The van der Waals surface area contributed by atoms with E-state index in [0.29, 0.717) is 25.5 Å². The van der Waals surface area contributed by atoms with Gasteiger partial charge in [-0.15, -0.1) is 0 Å². The van der Waals surface area contributed by atoms with Gasteiger partial charge in [0, 0.05) is 18.7 Å². The number of aryl methyl sites for hydroxylation is 1. The third-order valence-corrected chi connectivity index (χ3v) is 8.42. The molecule has 0 spiro atoms. The molecule has 3 saturated heterocycles. The second-order valence-electron chi connectivity index (χ2n) is 12.9. The van der Waals surface area contributed by atoms with E-state index in [0.717, 1.165) is 79.0 Å². The monoisotopic (exact) mass is 599 g/mol. The van der Waals surface area contributed by atoms with Crippen LogP contribution in [0.5, 0.6) is 5.75 Å². The maximum absolute atomic E-state index is 12.8. The molecule has 3 fully saturated rings. The predicted molar refractivity (Wildman–Crippen MR) is 174 cm³/mol. The third kappa shape index (κ3) is 8.32. The zero-order valence-corrected chi connectivity index (χ0v) is 26.1. The van der Waals surface area contributed by atoms with E-state index in [9.17, 15) is 14.7 Å². The number of carbonyl (C=O) groups excluding carboxylic acids is 1. The van der Waals surface area contributed by atoms with Crippen LogP contribution in [-0.4, -0.2) is 66.6 Å². The minimum atomic E-state index is -0.886. The Morgan fingerprint density at radius 3 is 2.39 bits per heavy atom. The lowest BCUT2D eigenvalue weighted by Gasteiger charge is -2.48. The van der Waals surface area contributed by atoms with Gasteiger partial charge in [-0.3, -0.25) is 4.90 Å². The van der Waals surface area contributed by atoms with Crippen LogP contribution in [0.15, 0.2) is 72.8 Å². The van der Waals surface area contributed by atoms with Gasteiger partial charge < -0.3 is 24.8 Å². The summed E-state index contributed by atoms with van der Waals surface area (Å²) in [6, 6.07) is 24.2. The highest BCUT2D eigenvalue weighted by Gasteiger charge is 2.40. The summed E-state index contributed by atoms with van der Waals surface area (Å²) < 4.78 is 11.4. The second-order valence-corrected chi connectivity index (χ2v) is 12.9. The maximum atomic E-state index is 12.8. The molecule has 0 radical (unpaired) electrons. The van der Waals surface area contributed by atoms with Crippen molar-refractivity contribution in [3.8, 4) is 16.9 Å². The Labute approximate surface area is 261 Å². The number of hydrogen-bond donors (Lipinski definition) is 2. The van der Waals surface area contributed by atoms with Gasteiger partial charge in [0.05, 0.1) is 18.3 Å². The Morgan fingerprint density at radius 1 is 0.955 bits per heavy atom. The van der Waals surface area contributed by atoms with Crippen LogP contribution in [0.3, 0.4) is 0 Å². The molecule has 3 aromatic carbocycles. The van der Waals surface area contributed by atoms with Crippen molar-refractivity contribution in [2.45, 2.75) is 64.5 Å². The average molecular weight is 600 g/mol. The highest BCUT2D eigenvalue weighted by Crippen LogP contribution is 2.39. The molecule has 8 heteroatoms. The van der Waals surface area contributed by atoms with E-state index in [4.69, 9.17) is 9.47 Å². The number of amides is 2. The minimum absolute atomic E-state index is 0.0392. The van der Waals surface area contributed by atoms with Gasteiger partial charge in [0.25, 0.3) is 0 Å². The van der Waals surface area contributed by atoms with Gasteiger partial charge in [0.15, 0.2) is 0 Å². The summed E-state index contributed by atoms with van der Waals surface area (Å²) in [6.45, 7) is 9.46. The Morgan fingerprint density at radius 2 is 1.70 bits per heavy atom. The van der Waals surface area contributed by atoms with Gasteiger partial charge >= 0.3 is 12.2 Å². The number of carboxylic acid groups (broad SMARTS) is 1. The Bertz CT molecular complexity index is 1410. The van der Waals surface area contributed by atoms with Crippen LogP contribution in [-0.2, 0) is 17.6 Å². The Hall–Kier alpha value is -4.04. The fourth-order valence-electron chi connectivity index (χ4n) is 6.32. The van der Waals surface area contributed by atoms with Gasteiger partial charge in [-0.25, -0.2) is 9.59 Å². The molecule has 3 aliphatic rings. The van der Waals surface area contributed by atoms with Gasteiger partial charge in [-0.05, 0) is 107 Å². The molecule has 3 aliphatic heterocycles. The Balaban J connectivity index is 1.22. The molecule has 6 rings (SSSR count). The van der Waals surface area contributed by atoms with Crippen molar-refractivity contribution in [1.29, 1.82) is 0 Å². The smallest absolute Gasteiger partial charge is 0.412 e. The fraction of sp³-hybridized carbons (Fsp3) is 0.444. The second kappa shape index (κ2) is 14.2. The molecule has 8 nitrogen and oxygen atoms in total. The highest BCUT2D eigenvalue weighted by atomic mass is 16.6. The summed E-state index contributed by atoms with van der Waals surface area (Å²) in [6.07, 6.45) is 3.03. The first-order valence-corrected chi connectivity index (χ1v) is 15.8. The van der Waals surface area contributed by atoms with Crippen LogP contribution in [0.1, 0.15) is 51.2 Å². The molecule has 0 saturated carbocycles. The summed E-state index contributed by atoms with van der Waals surface area (Å²) >= 11 is 0. The zero-order chi connectivity index (χ0) is 31.1. The standard InChI is InChI=1S/C36H45N3O5/c1-36(2,3)44-34(40)37-19-16-27-9-7-13-30(23-27)43-22-8-10-26-14-15-31(28-11-5-4-6-12-28)32(24-26)39(35(41)42)33-25-38-20-17-29(33)18-21-38/h4-7,9,11-15,23-24,29,33H,8,10,16-22,25H2,1-3H3,(H,37,40)(H,41,42)/t33-/m0/s1. The number of rotatable bonds is 11. The number of piperidine rings is 3. The van der Waals surface area contributed by atoms with Crippen molar-refractivity contribution in [1.82, 2.24) is 10.2 Å². The first-order chi connectivity index (χ1) is 21.2. The van der Waals surface area contributed by atoms with Gasteiger partial charge in [0.2, 0.25) is 0 Å². The number of carbonyl (C=O) groups is 2. The van der Waals surface area contributed by atoms with Gasteiger partial charge in [-0.2, -0.15) is 0 Å². The maximum Gasteiger partial charge on any atom is 0.412 e. The zero-order valence-electron chi connectivity index (χ0n) is 26.1. The van der Waals surface area contributed by atoms with Crippen LogP contribution in [0.4, 0.5) is 15.3 Å². The predicted octanol–water partition coefficient (Wildman–Crippen LogP) is 7.01. The summed E-state index contributed by atoms with van der Waals surface area (Å²) in [5.74, 6) is 1.18. The highest BCUT2D eigenvalue weighted by molar-refractivity contribution is 5.94. The van der Waals surface area contributed by atoms with E-state index in [-0.39, 0.29) is 6.04 Å². The number of ether oxygens (including phenoxy) is 2. The van der Waals surface area contributed by atoms with Gasteiger partial charge in [-0.1, -0.05) is 54.6 Å².